The van der Waals surface area contributed by atoms with Gasteiger partial charge in [0.15, 0.2) is 0 Å². The summed E-state index contributed by atoms with van der Waals surface area (Å²) in [6.45, 7) is 1.42. The van der Waals surface area contributed by atoms with Gasteiger partial charge in [0.05, 0.1) is 19.0 Å². The Labute approximate surface area is 105 Å². The molecule has 0 radical (unpaired) electrons. The van der Waals surface area contributed by atoms with Crippen molar-refractivity contribution < 1.29 is 14.3 Å². The maximum atomic E-state index is 12.1. The van der Waals surface area contributed by atoms with Gasteiger partial charge >= 0.3 is 5.97 Å². The maximum Gasteiger partial charge on any atom is 0.330 e. The van der Waals surface area contributed by atoms with Crippen molar-refractivity contribution in [3.63, 3.8) is 0 Å². The fourth-order valence-corrected chi connectivity index (χ4v) is 2.93. The van der Waals surface area contributed by atoms with Crippen LogP contribution in [0.2, 0.25) is 0 Å². The monoisotopic (exact) mass is 256 g/mol. The van der Waals surface area contributed by atoms with Crippen molar-refractivity contribution >= 4 is 23.6 Å². The zero-order valence-corrected chi connectivity index (χ0v) is 10.6. The number of carbonyl (C=O) groups excluding carboxylic acids is 2. The van der Waals surface area contributed by atoms with Crippen LogP contribution in [0.25, 0.3) is 0 Å². The molecule has 0 aliphatic carbocycles. The first-order valence-electron chi connectivity index (χ1n) is 5.58. The summed E-state index contributed by atoms with van der Waals surface area (Å²) in [4.78, 5) is 25.0. The third kappa shape index (κ3) is 3.01. The van der Waals surface area contributed by atoms with Gasteiger partial charge in [0, 0.05) is 24.9 Å². The highest BCUT2D eigenvalue weighted by atomic mass is 32.2. The molecule has 1 N–H and O–H groups in total. The van der Waals surface area contributed by atoms with Crippen LogP contribution in [0.1, 0.15) is 6.42 Å². The number of carbonyl (C=O) groups is 2. The molecular formula is C11H16N2O3S. The fraction of sp³-hybridized carbons (Fsp3) is 0.636. The summed E-state index contributed by atoms with van der Waals surface area (Å²) in [5.41, 5.74) is 0.932. The van der Waals surface area contributed by atoms with Gasteiger partial charge in [-0.25, -0.2) is 4.79 Å². The number of ether oxygens (including phenoxy) is 1. The third-order valence-electron chi connectivity index (χ3n) is 2.93. The summed E-state index contributed by atoms with van der Waals surface area (Å²) in [6, 6.07) is -0.176. The van der Waals surface area contributed by atoms with E-state index in [0.29, 0.717) is 13.0 Å². The molecule has 0 saturated carbocycles. The van der Waals surface area contributed by atoms with Crippen molar-refractivity contribution in [3.05, 3.63) is 11.6 Å². The average molecular weight is 256 g/mol. The van der Waals surface area contributed by atoms with Crippen LogP contribution >= 0.6 is 11.8 Å². The topological polar surface area (TPSA) is 58.6 Å². The van der Waals surface area contributed by atoms with E-state index < -0.39 is 0 Å². The molecular weight excluding hydrogens is 240 g/mol. The normalized spacial score (nSPS) is 26.5. The van der Waals surface area contributed by atoms with Crippen LogP contribution in [0.15, 0.2) is 11.6 Å². The molecule has 2 saturated heterocycles. The van der Waals surface area contributed by atoms with Crippen LogP contribution in [0.5, 0.6) is 0 Å². The molecule has 1 amide bonds. The van der Waals surface area contributed by atoms with E-state index in [0.717, 1.165) is 23.7 Å². The van der Waals surface area contributed by atoms with Crippen molar-refractivity contribution in [2.75, 3.05) is 31.8 Å². The lowest BCUT2D eigenvalue weighted by Crippen LogP contribution is -2.42. The number of thioether (sulfide) groups is 1. The van der Waals surface area contributed by atoms with Gasteiger partial charge in [-0.1, -0.05) is 0 Å². The van der Waals surface area contributed by atoms with E-state index >= 15 is 0 Å². The van der Waals surface area contributed by atoms with Gasteiger partial charge in [-0.15, -0.1) is 11.8 Å². The molecule has 17 heavy (non-hydrogen) atoms. The lowest BCUT2D eigenvalue weighted by molar-refractivity contribution is -0.135. The van der Waals surface area contributed by atoms with Crippen LogP contribution in [0.3, 0.4) is 0 Å². The van der Waals surface area contributed by atoms with Crippen LogP contribution in [0.4, 0.5) is 0 Å². The number of esters is 1. The van der Waals surface area contributed by atoms with Crippen molar-refractivity contribution in [2.45, 2.75) is 12.5 Å². The number of methoxy groups -OCH3 is 1. The van der Waals surface area contributed by atoms with Crippen LogP contribution in [-0.2, 0) is 14.3 Å². The predicted molar refractivity (Wildman–Crippen MR) is 65.5 cm³/mol. The third-order valence-corrected chi connectivity index (χ3v) is 3.89. The van der Waals surface area contributed by atoms with Gasteiger partial charge in [-0.05, 0) is 12.0 Å². The first-order valence-corrected chi connectivity index (χ1v) is 6.73. The lowest BCUT2D eigenvalue weighted by atomic mass is 10.1. The molecule has 94 valence electrons. The van der Waals surface area contributed by atoms with Crippen LogP contribution in [-0.4, -0.2) is 54.6 Å². The molecule has 0 spiro atoms. The predicted octanol–water partition coefficient (Wildman–Crippen LogP) is -0.0194. The molecule has 2 aliphatic heterocycles. The molecule has 0 bridgehead atoms. The summed E-state index contributed by atoms with van der Waals surface area (Å²) in [5.74, 6) is 1.59. The Kier molecular flexibility index (Phi) is 4.06. The Hall–Kier alpha value is -1.01. The summed E-state index contributed by atoms with van der Waals surface area (Å²) in [5, 5.41) is 3.14. The van der Waals surface area contributed by atoms with Gasteiger partial charge in [-0.2, -0.15) is 0 Å². The zero-order chi connectivity index (χ0) is 12.3. The minimum absolute atomic E-state index is 0.142. The van der Waals surface area contributed by atoms with E-state index in [1.165, 1.54) is 13.2 Å². The van der Waals surface area contributed by atoms with Crippen LogP contribution < -0.4 is 5.32 Å². The largest absolute Gasteiger partial charge is 0.466 e. The second-order valence-corrected chi connectivity index (χ2v) is 5.18. The number of nitrogens with zero attached hydrogens (tertiary/aromatic N) is 1. The summed E-state index contributed by atoms with van der Waals surface area (Å²) >= 11 is 1.77. The van der Waals surface area contributed by atoms with Gasteiger partial charge < -0.3 is 15.0 Å². The van der Waals surface area contributed by atoms with Gasteiger partial charge in [0.1, 0.15) is 0 Å². The van der Waals surface area contributed by atoms with Crippen molar-refractivity contribution in [2.24, 2.45) is 0 Å². The van der Waals surface area contributed by atoms with Crippen molar-refractivity contribution in [1.82, 2.24) is 10.2 Å². The minimum Gasteiger partial charge on any atom is -0.466 e. The van der Waals surface area contributed by atoms with E-state index in [-0.39, 0.29) is 17.9 Å². The maximum absolute atomic E-state index is 12.1. The second kappa shape index (κ2) is 5.55. The van der Waals surface area contributed by atoms with E-state index in [1.807, 2.05) is 4.90 Å². The van der Waals surface area contributed by atoms with Crippen LogP contribution in [0, 0.1) is 0 Å². The highest BCUT2D eigenvalue weighted by Gasteiger charge is 2.30. The second-order valence-electron chi connectivity index (χ2n) is 4.10. The van der Waals surface area contributed by atoms with Gasteiger partial charge in [0.25, 0.3) is 0 Å². The molecule has 1 atom stereocenters. The first-order chi connectivity index (χ1) is 8.20. The molecule has 0 aromatic carbocycles. The molecule has 2 fully saturated rings. The Bertz CT molecular complexity index is 351. The number of hydrogen-bond donors (Lipinski definition) is 1. The standard InChI is InChI=1S/C11H16N2O3S/c1-16-10(14)5-8-4-9(12-6-8)11(15)13-2-3-17-7-13/h5,9,12H,2-4,6-7H2,1H3. The van der Waals surface area contributed by atoms with E-state index in [2.05, 4.69) is 10.1 Å². The average Bonchev–Trinajstić information content (AvgIpc) is 2.98. The van der Waals surface area contributed by atoms with E-state index in [9.17, 15) is 9.59 Å². The summed E-state index contributed by atoms with van der Waals surface area (Å²) in [6.07, 6.45) is 2.08. The van der Waals surface area contributed by atoms with Crippen molar-refractivity contribution in [1.29, 1.82) is 0 Å². The Morgan fingerprint density at radius 1 is 1.59 bits per heavy atom. The Balaban J connectivity index is 1.91. The van der Waals surface area contributed by atoms with Gasteiger partial charge in [-0.3, -0.25) is 4.79 Å². The van der Waals surface area contributed by atoms with E-state index in [1.54, 1.807) is 11.8 Å². The Morgan fingerprint density at radius 3 is 3.06 bits per heavy atom. The molecule has 6 heteroatoms. The highest BCUT2D eigenvalue weighted by molar-refractivity contribution is 7.99. The SMILES string of the molecule is COC(=O)C=C1CNC(C(=O)N2CCSC2)C1. The number of rotatable bonds is 2. The lowest BCUT2D eigenvalue weighted by Gasteiger charge is -2.18. The van der Waals surface area contributed by atoms with Gasteiger partial charge in [0.2, 0.25) is 5.91 Å². The molecule has 2 aliphatic rings. The quantitative estimate of drug-likeness (QED) is 0.556. The van der Waals surface area contributed by atoms with E-state index in [4.69, 9.17) is 0 Å². The highest BCUT2D eigenvalue weighted by Crippen LogP contribution is 2.19. The fourth-order valence-electron chi connectivity index (χ4n) is 1.98. The minimum atomic E-state index is -0.355. The summed E-state index contributed by atoms with van der Waals surface area (Å²) < 4.78 is 4.57. The van der Waals surface area contributed by atoms with Crippen molar-refractivity contribution in [3.8, 4) is 0 Å². The summed E-state index contributed by atoms with van der Waals surface area (Å²) in [7, 11) is 1.35. The Morgan fingerprint density at radius 2 is 2.41 bits per heavy atom. The zero-order valence-electron chi connectivity index (χ0n) is 9.77. The molecule has 1 unspecified atom stereocenters. The molecule has 5 nitrogen and oxygen atoms in total. The number of hydrogen-bond acceptors (Lipinski definition) is 5. The molecule has 0 aromatic rings. The first kappa shape index (κ1) is 12.4. The molecule has 2 rings (SSSR count). The molecule has 0 aromatic heterocycles. The smallest absolute Gasteiger partial charge is 0.330 e. The number of nitrogens with one attached hydrogen (secondary N) is 1. The molecule has 2 heterocycles. The number of amides is 1.